The first-order valence-electron chi connectivity index (χ1n) is 7.21. The van der Waals surface area contributed by atoms with Crippen LogP contribution in [0.5, 0.6) is 0 Å². The number of carbonyl (C=O) groups is 4. The molecule has 0 radical (unpaired) electrons. The Kier molecular flexibility index (Phi) is 5.21. The van der Waals surface area contributed by atoms with Crippen molar-refractivity contribution in [3.8, 4) is 0 Å². The van der Waals surface area contributed by atoms with Gasteiger partial charge in [-0.15, -0.1) is 0 Å². The topological polar surface area (TPSA) is 92.3 Å². The molecule has 2 N–H and O–H groups in total. The predicted octanol–water partition coefficient (Wildman–Crippen LogP) is 2.67. The van der Waals surface area contributed by atoms with Gasteiger partial charge in [0.2, 0.25) is 0 Å². The molecule has 0 bridgehead atoms. The van der Waals surface area contributed by atoms with Crippen molar-refractivity contribution in [2.75, 3.05) is 10.6 Å². The van der Waals surface area contributed by atoms with Crippen LogP contribution in [0.25, 0.3) is 0 Å². The molecule has 2 amide bonds. The van der Waals surface area contributed by atoms with Crippen molar-refractivity contribution in [1.82, 2.24) is 0 Å². The molecular formula is C18H16N2O4. The van der Waals surface area contributed by atoms with Crippen LogP contribution in [0.15, 0.2) is 48.5 Å². The number of nitrogens with one attached hydrogen (secondary N) is 2. The van der Waals surface area contributed by atoms with Gasteiger partial charge < -0.3 is 10.6 Å². The first-order valence-corrected chi connectivity index (χ1v) is 7.21. The SMILES string of the molecule is CC(=O)c1ccc(NC(=O)C(=O)Nc2ccc(C(C)=O)cc2)cc1. The normalized spacial score (nSPS) is 9.92. The highest BCUT2D eigenvalue weighted by atomic mass is 16.2. The number of ketones is 2. The molecule has 0 saturated carbocycles. The summed E-state index contributed by atoms with van der Waals surface area (Å²) in [6.07, 6.45) is 0. The minimum atomic E-state index is -0.832. The van der Waals surface area contributed by atoms with Crippen LogP contribution < -0.4 is 10.6 Å². The summed E-state index contributed by atoms with van der Waals surface area (Å²) in [5.41, 5.74) is 1.85. The van der Waals surface area contributed by atoms with Gasteiger partial charge >= 0.3 is 11.8 Å². The molecule has 122 valence electrons. The highest BCUT2D eigenvalue weighted by Crippen LogP contribution is 2.12. The molecule has 0 saturated heterocycles. The first-order chi connectivity index (χ1) is 11.4. The van der Waals surface area contributed by atoms with Crippen molar-refractivity contribution in [3.05, 3.63) is 59.7 Å². The zero-order chi connectivity index (χ0) is 17.7. The van der Waals surface area contributed by atoms with Crippen LogP contribution in [0.1, 0.15) is 34.6 Å². The maximum atomic E-state index is 11.9. The zero-order valence-corrected chi connectivity index (χ0v) is 13.3. The molecule has 2 aromatic carbocycles. The fraction of sp³-hybridized carbons (Fsp3) is 0.111. The van der Waals surface area contributed by atoms with Crippen LogP contribution in [0, 0.1) is 0 Å². The van der Waals surface area contributed by atoms with Gasteiger partial charge in [-0.3, -0.25) is 19.2 Å². The molecule has 2 rings (SSSR count). The average Bonchev–Trinajstić information content (AvgIpc) is 2.55. The summed E-state index contributed by atoms with van der Waals surface area (Å²) in [5.74, 6) is -1.83. The third kappa shape index (κ3) is 4.36. The summed E-state index contributed by atoms with van der Waals surface area (Å²) < 4.78 is 0. The minimum Gasteiger partial charge on any atom is -0.318 e. The van der Waals surface area contributed by atoms with E-state index in [0.717, 1.165) is 0 Å². The average molecular weight is 324 g/mol. The minimum absolute atomic E-state index is 0.0837. The lowest BCUT2D eigenvalue weighted by atomic mass is 10.1. The van der Waals surface area contributed by atoms with Crippen LogP contribution in [0.4, 0.5) is 11.4 Å². The molecule has 0 aliphatic heterocycles. The number of carbonyl (C=O) groups excluding carboxylic acids is 4. The van der Waals surface area contributed by atoms with Gasteiger partial charge in [0.15, 0.2) is 11.6 Å². The molecule has 0 aliphatic rings. The van der Waals surface area contributed by atoms with Crippen molar-refractivity contribution in [2.24, 2.45) is 0 Å². The number of hydrogen-bond acceptors (Lipinski definition) is 4. The van der Waals surface area contributed by atoms with E-state index < -0.39 is 11.8 Å². The van der Waals surface area contributed by atoms with Gasteiger partial charge in [0.25, 0.3) is 0 Å². The van der Waals surface area contributed by atoms with E-state index in [9.17, 15) is 19.2 Å². The van der Waals surface area contributed by atoms with Crippen LogP contribution >= 0.6 is 0 Å². The van der Waals surface area contributed by atoms with E-state index >= 15 is 0 Å². The molecule has 6 heteroatoms. The Balaban J connectivity index is 1.97. The van der Waals surface area contributed by atoms with Crippen molar-refractivity contribution in [3.63, 3.8) is 0 Å². The Morgan fingerprint density at radius 1 is 0.583 bits per heavy atom. The molecule has 6 nitrogen and oxygen atoms in total. The largest absolute Gasteiger partial charge is 0.318 e. The molecule has 0 spiro atoms. The zero-order valence-electron chi connectivity index (χ0n) is 13.3. The van der Waals surface area contributed by atoms with Crippen LogP contribution in [-0.4, -0.2) is 23.4 Å². The number of anilines is 2. The second-order valence-corrected chi connectivity index (χ2v) is 5.18. The second kappa shape index (κ2) is 7.32. The maximum absolute atomic E-state index is 11.9. The Morgan fingerprint density at radius 3 is 1.12 bits per heavy atom. The van der Waals surface area contributed by atoms with Gasteiger partial charge in [0, 0.05) is 22.5 Å². The van der Waals surface area contributed by atoms with Gasteiger partial charge in [-0.1, -0.05) is 0 Å². The first kappa shape index (κ1) is 17.1. The fourth-order valence-corrected chi connectivity index (χ4v) is 1.95. The van der Waals surface area contributed by atoms with Crippen molar-refractivity contribution in [1.29, 1.82) is 0 Å². The fourth-order valence-electron chi connectivity index (χ4n) is 1.95. The number of rotatable bonds is 4. The van der Waals surface area contributed by atoms with Gasteiger partial charge in [-0.05, 0) is 62.4 Å². The molecule has 0 atom stereocenters. The van der Waals surface area contributed by atoms with E-state index in [2.05, 4.69) is 10.6 Å². The summed E-state index contributed by atoms with van der Waals surface area (Å²) in [7, 11) is 0. The quantitative estimate of drug-likeness (QED) is 0.668. The Hall–Kier alpha value is -3.28. The summed E-state index contributed by atoms with van der Waals surface area (Å²) in [6.45, 7) is 2.89. The lowest BCUT2D eigenvalue weighted by Gasteiger charge is -2.07. The van der Waals surface area contributed by atoms with E-state index in [1.54, 1.807) is 48.5 Å². The summed E-state index contributed by atoms with van der Waals surface area (Å²) in [5, 5.41) is 4.88. The molecule has 0 heterocycles. The van der Waals surface area contributed by atoms with Crippen LogP contribution in [0.3, 0.4) is 0 Å². The van der Waals surface area contributed by atoms with Crippen molar-refractivity contribution >= 4 is 34.8 Å². The summed E-state index contributed by atoms with van der Waals surface area (Å²) in [4.78, 5) is 46.1. The molecule has 0 aromatic heterocycles. The van der Waals surface area contributed by atoms with Gasteiger partial charge in [0.1, 0.15) is 0 Å². The molecule has 0 fully saturated rings. The van der Waals surface area contributed by atoms with Gasteiger partial charge in [-0.25, -0.2) is 0 Å². The van der Waals surface area contributed by atoms with Gasteiger partial charge in [-0.2, -0.15) is 0 Å². The Labute approximate surface area is 138 Å². The molecule has 2 aromatic rings. The number of Topliss-reactive ketones (excluding diaryl/α,β-unsaturated/α-hetero) is 2. The monoisotopic (exact) mass is 324 g/mol. The van der Waals surface area contributed by atoms with E-state index in [-0.39, 0.29) is 11.6 Å². The highest BCUT2D eigenvalue weighted by Gasteiger charge is 2.14. The molecule has 24 heavy (non-hydrogen) atoms. The van der Waals surface area contributed by atoms with Crippen molar-refractivity contribution in [2.45, 2.75) is 13.8 Å². The lowest BCUT2D eigenvalue weighted by molar-refractivity contribution is -0.132. The van der Waals surface area contributed by atoms with E-state index in [1.807, 2.05) is 0 Å². The third-order valence-corrected chi connectivity index (χ3v) is 3.30. The van der Waals surface area contributed by atoms with E-state index in [1.165, 1.54) is 13.8 Å². The van der Waals surface area contributed by atoms with E-state index in [4.69, 9.17) is 0 Å². The summed E-state index contributed by atoms with van der Waals surface area (Å²) in [6, 6.07) is 12.4. The maximum Gasteiger partial charge on any atom is 0.314 e. The molecule has 0 aliphatic carbocycles. The molecule has 0 unspecified atom stereocenters. The number of hydrogen-bond donors (Lipinski definition) is 2. The Morgan fingerprint density at radius 2 is 0.875 bits per heavy atom. The van der Waals surface area contributed by atoms with E-state index in [0.29, 0.717) is 22.5 Å². The van der Waals surface area contributed by atoms with Crippen LogP contribution in [-0.2, 0) is 9.59 Å². The van der Waals surface area contributed by atoms with Crippen LogP contribution in [0.2, 0.25) is 0 Å². The standard InChI is InChI=1S/C18H16N2O4/c1-11(21)13-3-7-15(8-4-13)19-17(23)18(24)20-16-9-5-14(6-10-16)12(2)22/h3-10H,1-2H3,(H,19,23)(H,20,24). The molecular weight excluding hydrogens is 308 g/mol. The second-order valence-electron chi connectivity index (χ2n) is 5.18. The smallest absolute Gasteiger partial charge is 0.314 e. The van der Waals surface area contributed by atoms with Gasteiger partial charge in [0.05, 0.1) is 0 Å². The van der Waals surface area contributed by atoms with Crippen molar-refractivity contribution < 1.29 is 19.2 Å². The highest BCUT2D eigenvalue weighted by molar-refractivity contribution is 6.43. The predicted molar refractivity (Wildman–Crippen MR) is 90.2 cm³/mol. The number of amides is 2. The summed E-state index contributed by atoms with van der Waals surface area (Å²) >= 11 is 0. The lowest BCUT2D eigenvalue weighted by Crippen LogP contribution is -2.29. The third-order valence-electron chi connectivity index (χ3n) is 3.30. The number of benzene rings is 2. The Bertz CT molecular complexity index is 723.